The number of hydrogen-bond acceptors (Lipinski definition) is 4. The molecule has 0 aliphatic heterocycles. The minimum absolute atomic E-state index is 0.0711. The van der Waals surface area contributed by atoms with E-state index in [-0.39, 0.29) is 5.95 Å². The van der Waals surface area contributed by atoms with Gasteiger partial charge in [-0.3, -0.25) is 4.98 Å². The maximum Gasteiger partial charge on any atom is 0.349 e. The Bertz CT molecular complexity index is 367. The summed E-state index contributed by atoms with van der Waals surface area (Å²) in [6.07, 6.45) is 5.85. The Hall–Kier alpha value is -1.39. The van der Waals surface area contributed by atoms with E-state index in [0.29, 0.717) is 11.7 Å². The van der Waals surface area contributed by atoms with Gasteiger partial charge in [-0.1, -0.05) is 25.7 Å². The van der Waals surface area contributed by atoms with Gasteiger partial charge in [0.25, 0.3) is 0 Å². The van der Waals surface area contributed by atoms with Crippen LogP contribution in [0.4, 0.5) is 5.95 Å². The summed E-state index contributed by atoms with van der Waals surface area (Å²) < 4.78 is 0. The molecule has 1 saturated carbocycles. The topological polar surface area (TPSA) is 84.7 Å². The minimum atomic E-state index is -0.398. The number of aromatic nitrogens is 3. The quantitative estimate of drug-likeness (QED) is 0.717. The molecular weight excluding hydrogens is 180 g/mol. The van der Waals surface area contributed by atoms with Crippen molar-refractivity contribution in [3.63, 3.8) is 0 Å². The van der Waals surface area contributed by atoms with Gasteiger partial charge in [0.1, 0.15) is 5.82 Å². The van der Waals surface area contributed by atoms with Crippen LogP contribution in [0.3, 0.4) is 0 Å². The van der Waals surface area contributed by atoms with Gasteiger partial charge in [0.05, 0.1) is 0 Å². The van der Waals surface area contributed by atoms with Crippen LogP contribution in [0.15, 0.2) is 4.79 Å². The highest BCUT2D eigenvalue weighted by Gasteiger charge is 2.16. The van der Waals surface area contributed by atoms with E-state index >= 15 is 0 Å². The van der Waals surface area contributed by atoms with E-state index in [4.69, 9.17) is 5.73 Å². The van der Waals surface area contributed by atoms with Crippen LogP contribution in [0.25, 0.3) is 0 Å². The third-order valence-electron chi connectivity index (χ3n) is 2.67. The SMILES string of the molecule is Nc1nc(CC2CCCC2)[nH]c(=O)n1. The molecule has 1 fully saturated rings. The van der Waals surface area contributed by atoms with E-state index in [2.05, 4.69) is 15.0 Å². The summed E-state index contributed by atoms with van der Waals surface area (Å²) in [6.45, 7) is 0. The molecule has 5 nitrogen and oxygen atoms in total. The Morgan fingerprint density at radius 3 is 2.71 bits per heavy atom. The maximum atomic E-state index is 11.0. The molecule has 14 heavy (non-hydrogen) atoms. The first-order valence-electron chi connectivity index (χ1n) is 4.97. The molecular formula is C9H14N4O. The molecule has 76 valence electrons. The number of nitrogens with zero attached hydrogens (tertiary/aromatic N) is 2. The summed E-state index contributed by atoms with van der Waals surface area (Å²) in [5, 5.41) is 0. The Balaban J connectivity index is 2.11. The van der Waals surface area contributed by atoms with Crippen LogP contribution >= 0.6 is 0 Å². The molecule has 0 atom stereocenters. The molecule has 0 amide bonds. The lowest BCUT2D eigenvalue weighted by molar-refractivity contribution is 0.528. The standard InChI is InChI=1S/C9H14N4O/c10-8-11-7(12-9(14)13-8)5-6-3-1-2-4-6/h6H,1-5H2,(H3,10,11,12,13,14). The Kier molecular flexibility index (Phi) is 2.47. The fourth-order valence-electron chi connectivity index (χ4n) is 2.03. The summed E-state index contributed by atoms with van der Waals surface area (Å²) in [5.41, 5.74) is 4.99. The van der Waals surface area contributed by atoms with Gasteiger partial charge in [-0.05, 0) is 5.92 Å². The molecule has 1 aliphatic rings. The molecule has 2 rings (SSSR count). The first-order chi connectivity index (χ1) is 6.74. The molecule has 0 saturated heterocycles. The monoisotopic (exact) mass is 194 g/mol. The highest BCUT2D eigenvalue weighted by Crippen LogP contribution is 2.26. The number of nitrogens with two attached hydrogens (primary N) is 1. The van der Waals surface area contributed by atoms with Crippen molar-refractivity contribution in [2.45, 2.75) is 32.1 Å². The Labute approximate surface area is 81.8 Å². The number of nitrogen functional groups attached to an aromatic ring is 1. The average Bonchev–Trinajstić information content (AvgIpc) is 2.54. The summed E-state index contributed by atoms with van der Waals surface area (Å²) in [7, 11) is 0. The highest BCUT2D eigenvalue weighted by atomic mass is 16.1. The lowest BCUT2D eigenvalue weighted by atomic mass is 10.0. The zero-order chi connectivity index (χ0) is 9.97. The van der Waals surface area contributed by atoms with Gasteiger partial charge in [-0.2, -0.15) is 9.97 Å². The van der Waals surface area contributed by atoms with E-state index in [9.17, 15) is 4.79 Å². The summed E-state index contributed by atoms with van der Waals surface area (Å²) in [6, 6.07) is 0. The van der Waals surface area contributed by atoms with Gasteiger partial charge in [0, 0.05) is 6.42 Å². The van der Waals surface area contributed by atoms with Crippen molar-refractivity contribution in [3.05, 3.63) is 16.3 Å². The summed E-state index contributed by atoms with van der Waals surface area (Å²) >= 11 is 0. The van der Waals surface area contributed by atoms with E-state index in [0.717, 1.165) is 6.42 Å². The second-order valence-electron chi connectivity index (χ2n) is 3.81. The minimum Gasteiger partial charge on any atom is -0.368 e. The molecule has 3 N–H and O–H groups in total. The highest BCUT2D eigenvalue weighted by molar-refractivity contribution is 5.12. The molecule has 5 heteroatoms. The van der Waals surface area contributed by atoms with Crippen molar-refractivity contribution in [3.8, 4) is 0 Å². The molecule has 0 spiro atoms. The summed E-state index contributed by atoms with van der Waals surface area (Å²) in [4.78, 5) is 21.1. The molecule has 0 radical (unpaired) electrons. The van der Waals surface area contributed by atoms with E-state index in [1.807, 2.05) is 0 Å². The average molecular weight is 194 g/mol. The Morgan fingerprint density at radius 2 is 2.07 bits per heavy atom. The van der Waals surface area contributed by atoms with Crippen molar-refractivity contribution in [1.29, 1.82) is 0 Å². The van der Waals surface area contributed by atoms with E-state index in [1.165, 1.54) is 25.7 Å². The van der Waals surface area contributed by atoms with Crippen LogP contribution in [-0.2, 0) is 6.42 Å². The molecule has 0 unspecified atom stereocenters. The van der Waals surface area contributed by atoms with Crippen molar-refractivity contribution < 1.29 is 0 Å². The van der Waals surface area contributed by atoms with E-state index in [1.54, 1.807) is 0 Å². The van der Waals surface area contributed by atoms with Crippen LogP contribution < -0.4 is 11.4 Å². The first kappa shape index (κ1) is 9.18. The van der Waals surface area contributed by atoms with Gasteiger partial charge >= 0.3 is 5.69 Å². The number of nitrogens with one attached hydrogen (secondary N) is 1. The van der Waals surface area contributed by atoms with Gasteiger partial charge in [0.2, 0.25) is 5.95 Å². The zero-order valence-electron chi connectivity index (χ0n) is 7.99. The second-order valence-corrected chi connectivity index (χ2v) is 3.81. The number of H-pyrrole nitrogens is 1. The maximum absolute atomic E-state index is 11.0. The van der Waals surface area contributed by atoms with Crippen molar-refractivity contribution >= 4 is 5.95 Å². The molecule has 1 aromatic heterocycles. The summed E-state index contributed by atoms with van der Waals surface area (Å²) in [5.74, 6) is 1.40. The lowest BCUT2D eigenvalue weighted by Gasteiger charge is -2.06. The normalized spacial score (nSPS) is 17.4. The van der Waals surface area contributed by atoms with Gasteiger partial charge in [-0.15, -0.1) is 0 Å². The fourth-order valence-corrected chi connectivity index (χ4v) is 2.03. The van der Waals surface area contributed by atoms with Gasteiger partial charge in [-0.25, -0.2) is 4.79 Å². The van der Waals surface area contributed by atoms with Gasteiger partial charge < -0.3 is 5.73 Å². The Morgan fingerprint density at radius 1 is 1.36 bits per heavy atom. The second kappa shape index (κ2) is 3.77. The molecule has 1 heterocycles. The number of anilines is 1. The first-order valence-corrected chi connectivity index (χ1v) is 4.97. The van der Waals surface area contributed by atoms with Crippen molar-refractivity contribution in [1.82, 2.24) is 15.0 Å². The largest absolute Gasteiger partial charge is 0.368 e. The molecule has 1 aliphatic carbocycles. The van der Waals surface area contributed by atoms with Crippen LogP contribution in [0, 0.1) is 5.92 Å². The van der Waals surface area contributed by atoms with Crippen LogP contribution in [-0.4, -0.2) is 15.0 Å². The van der Waals surface area contributed by atoms with E-state index < -0.39 is 5.69 Å². The van der Waals surface area contributed by atoms with Gasteiger partial charge in [0.15, 0.2) is 0 Å². The molecule has 0 bridgehead atoms. The third-order valence-corrected chi connectivity index (χ3v) is 2.67. The molecule has 1 aromatic rings. The number of rotatable bonds is 2. The predicted molar refractivity (Wildman–Crippen MR) is 52.7 cm³/mol. The number of aromatic amines is 1. The molecule has 0 aromatic carbocycles. The van der Waals surface area contributed by atoms with Crippen LogP contribution in [0.5, 0.6) is 0 Å². The van der Waals surface area contributed by atoms with Crippen LogP contribution in [0.2, 0.25) is 0 Å². The predicted octanol–water partition coefficient (Wildman–Crippen LogP) is 0.480. The fraction of sp³-hybridized carbons (Fsp3) is 0.667. The smallest absolute Gasteiger partial charge is 0.349 e. The third kappa shape index (κ3) is 2.10. The van der Waals surface area contributed by atoms with Crippen molar-refractivity contribution in [2.24, 2.45) is 5.92 Å². The van der Waals surface area contributed by atoms with Crippen molar-refractivity contribution in [2.75, 3.05) is 5.73 Å². The zero-order valence-corrected chi connectivity index (χ0v) is 7.99. The van der Waals surface area contributed by atoms with Crippen LogP contribution in [0.1, 0.15) is 31.5 Å². The lowest BCUT2D eigenvalue weighted by Crippen LogP contribution is -2.18. The number of hydrogen-bond donors (Lipinski definition) is 2.